The maximum atomic E-state index is 13.0. The van der Waals surface area contributed by atoms with E-state index in [2.05, 4.69) is 10.4 Å². The van der Waals surface area contributed by atoms with Gasteiger partial charge in [0, 0.05) is 5.39 Å². The number of ether oxygens (including phenoxy) is 2. The molecule has 0 atom stereocenters. The van der Waals surface area contributed by atoms with Crippen molar-refractivity contribution in [1.82, 2.24) is 15.1 Å². The summed E-state index contributed by atoms with van der Waals surface area (Å²) in [4.78, 5) is 25.1. The van der Waals surface area contributed by atoms with Crippen LogP contribution in [0.3, 0.4) is 0 Å². The normalized spacial score (nSPS) is 10.8. The number of rotatable bonds is 7. The van der Waals surface area contributed by atoms with Gasteiger partial charge in [0.25, 0.3) is 0 Å². The Hall–Kier alpha value is -4.13. The van der Waals surface area contributed by atoms with Gasteiger partial charge in [-0.2, -0.15) is 5.10 Å². The van der Waals surface area contributed by atoms with Gasteiger partial charge < -0.3 is 14.8 Å². The predicted molar refractivity (Wildman–Crippen MR) is 122 cm³/mol. The third-order valence-corrected chi connectivity index (χ3v) is 5.26. The number of para-hydroxylation sites is 1. The van der Waals surface area contributed by atoms with Crippen molar-refractivity contribution < 1.29 is 14.3 Å². The van der Waals surface area contributed by atoms with Gasteiger partial charge in [0.2, 0.25) is 11.3 Å². The van der Waals surface area contributed by atoms with Crippen LogP contribution in [0.4, 0.5) is 0 Å². The molecule has 1 aromatic heterocycles. The maximum Gasteiger partial charge on any atom is 0.242 e. The highest BCUT2D eigenvalue weighted by atomic mass is 16.5. The topological polar surface area (TPSA) is 82.5 Å². The minimum atomic E-state index is -0.384. The molecule has 0 aliphatic rings. The third-order valence-electron chi connectivity index (χ3n) is 5.26. The van der Waals surface area contributed by atoms with Gasteiger partial charge in [-0.05, 0) is 47.5 Å². The zero-order chi connectivity index (χ0) is 22.5. The van der Waals surface area contributed by atoms with E-state index in [1.54, 1.807) is 32.4 Å². The number of carbonyl (C=O) groups excluding carboxylic acids is 1. The fourth-order valence-corrected chi connectivity index (χ4v) is 3.58. The van der Waals surface area contributed by atoms with E-state index in [1.165, 1.54) is 10.9 Å². The Morgan fingerprint density at radius 2 is 1.47 bits per heavy atom. The summed E-state index contributed by atoms with van der Waals surface area (Å²) in [6.07, 6.45) is 1.24. The van der Waals surface area contributed by atoms with E-state index < -0.39 is 0 Å². The zero-order valence-electron chi connectivity index (χ0n) is 17.8. The van der Waals surface area contributed by atoms with E-state index >= 15 is 0 Å². The first-order valence-electron chi connectivity index (χ1n) is 10.1. The second-order valence-electron chi connectivity index (χ2n) is 7.23. The summed E-state index contributed by atoms with van der Waals surface area (Å²) < 4.78 is 12.0. The molecule has 1 heterocycles. The molecule has 0 unspecified atom stereocenters. The number of amides is 1. The summed E-state index contributed by atoms with van der Waals surface area (Å²) in [6, 6.07) is 21.8. The van der Waals surface area contributed by atoms with E-state index in [4.69, 9.17) is 9.47 Å². The van der Waals surface area contributed by atoms with Gasteiger partial charge in [-0.25, -0.2) is 0 Å². The molecule has 0 saturated heterocycles. The van der Waals surface area contributed by atoms with Crippen LogP contribution in [-0.2, 0) is 11.3 Å². The molecule has 162 valence electrons. The van der Waals surface area contributed by atoms with Crippen LogP contribution in [-0.4, -0.2) is 29.9 Å². The molecule has 0 radical (unpaired) electrons. The Morgan fingerprint density at radius 3 is 2.03 bits per heavy atom. The highest BCUT2D eigenvalue weighted by Crippen LogP contribution is 2.26. The van der Waals surface area contributed by atoms with Crippen LogP contribution < -0.4 is 20.2 Å². The molecule has 0 bridgehead atoms. The number of aromatic nitrogens is 2. The van der Waals surface area contributed by atoms with Gasteiger partial charge in [0.15, 0.2) is 0 Å². The number of hydrogen-bond donors (Lipinski definition) is 1. The SMILES string of the molecule is COc1ccc(C(NC(=O)Cn2ncc(=O)c3ccccc32)c2ccc(OC)cc2)cc1. The number of benzene rings is 3. The molecule has 1 N–H and O–H groups in total. The Kier molecular flexibility index (Phi) is 6.17. The predicted octanol–water partition coefficient (Wildman–Crippen LogP) is 3.32. The van der Waals surface area contributed by atoms with Crippen molar-refractivity contribution >= 4 is 16.8 Å². The number of fused-ring (bicyclic) bond motifs is 1. The smallest absolute Gasteiger partial charge is 0.242 e. The molecule has 0 aliphatic heterocycles. The largest absolute Gasteiger partial charge is 0.497 e. The number of hydrogen-bond acceptors (Lipinski definition) is 5. The number of nitrogens with zero attached hydrogens (tertiary/aromatic N) is 2. The van der Waals surface area contributed by atoms with Gasteiger partial charge in [-0.3, -0.25) is 14.3 Å². The molecule has 0 fully saturated rings. The second kappa shape index (κ2) is 9.34. The average molecular weight is 429 g/mol. The molecule has 4 rings (SSSR count). The van der Waals surface area contributed by atoms with Crippen molar-refractivity contribution in [2.75, 3.05) is 14.2 Å². The molecular weight excluding hydrogens is 406 g/mol. The zero-order valence-corrected chi connectivity index (χ0v) is 17.8. The first-order chi connectivity index (χ1) is 15.6. The first kappa shape index (κ1) is 21.1. The molecule has 0 saturated carbocycles. The first-order valence-corrected chi connectivity index (χ1v) is 10.1. The Balaban J connectivity index is 1.63. The Labute approximate surface area is 185 Å². The summed E-state index contributed by atoms with van der Waals surface area (Å²) in [5, 5.41) is 7.77. The van der Waals surface area contributed by atoms with Gasteiger partial charge in [-0.15, -0.1) is 0 Å². The standard InChI is InChI=1S/C25H23N3O4/c1-31-19-11-7-17(8-12-19)25(18-9-13-20(32-2)14-10-18)27-24(30)16-28-22-6-4-3-5-21(22)23(29)15-26-28/h3-15,25H,16H2,1-2H3,(H,27,30). The van der Waals surface area contributed by atoms with E-state index in [-0.39, 0.29) is 23.9 Å². The van der Waals surface area contributed by atoms with Crippen molar-refractivity contribution in [2.24, 2.45) is 0 Å². The summed E-state index contributed by atoms with van der Waals surface area (Å²) in [7, 11) is 3.22. The minimum absolute atomic E-state index is 0.0242. The monoisotopic (exact) mass is 429 g/mol. The van der Waals surface area contributed by atoms with E-state index in [0.29, 0.717) is 10.9 Å². The molecule has 7 heteroatoms. The van der Waals surface area contributed by atoms with Crippen LogP contribution in [0.2, 0.25) is 0 Å². The van der Waals surface area contributed by atoms with Gasteiger partial charge >= 0.3 is 0 Å². The fraction of sp³-hybridized carbons (Fsp3) is 0.160. The van der Waals surface area contributed by atoms with Gasteiger partial charge in [0.1, 0.15) is 18.0 Å². The molecular formula is C25H23N3O4. The number of carbonyl (C=O) groups is 1. The Bertz CT molecular complexity index is 1230. The molecule has 4 aromatic rings. The lowest BCUT2D eigenvalue weighted by atomic mass is 9.98. The quantitative estimate of drug-likeness (QED) is 0.487. The molecule has 7 nitrogen and oxygen atoms in total. The summed E-state index contributed by atoms with van der Waals surface area (Å²) >= 11 is 0. The van der Waals surface area contributed by atoms with Crippen molar-refractivity contribution in [2.45, 2.75) is 12.6 Å². The van der Waals surface area contributed by atoms with Gasteiger partial charge in [0.05, 0.1) is 32.0 Å². The van der Waals surface area contributed by atoms with Gasteiger partial charge in [-0.1, -0.05) is 36.4 Å². The molecule has 32 heavy (non-hydrogen) atoms. The van der Waals surface area contributed by atoms with Crippen molar-refractivity contribution in [1.29, 1.82) is 0 Å². The van der Waals surface area contributed by atoms with Crippen LogP contribution >= 0.6 is 0 Å². The van der Waals surface area contributed by atoms with Crippen molar-refractivity contribution in [3.8, 4) is 11.5 Å². The van der Waals surface area contributed by atoms with Crippen LogP contribution in [0.25, 0.3) is 10.9 Å². The van der Waals surface area contributed by atoms with Crippen molar-refractivity contribution in [3.05, 3.63) is 100 Å². The lowest BCUT2D eigenvalue weighted by Crippen LogP contribution is -2.33. The molecule has 0 aliphatic carbocycles. The highest BCUT2D eigenvalue weighted by Gasteiger charge is 2.18. The Morgan fingerprint density at radius 1 is 0.906 bits per heavy atom. The average Bonchev–Trinajstić information content (AvgIpc) is 2.85. The van der Waals surface area contributed by atoms with E-state index in [9.17, 15) is 9.59 Å². The summed E-state index contributed by atoms with van der Waals surface area (Å²) in [5.74, 6) is 1.23. The highest BCUT2D eigenvalue weighted by molar-refractivity contribution is 5.82. The number of nitrogens with one attached hydrogen (secondary N) is 1. The third kappa shape index (κ3) is 4.46. The van der Waals surface area contributed by atoms with Crippen LogP contribution in [0.15, 0.2) is 83.8 Å². The molecule has 0 spiro atoms. The molecule has 1 amide bonds. The lowest BCUT2D eigenvalue weighted by Gasteiger charge is -2.21. The summed E-state index contributed by atoms with van der Waals surface area (Å²) in [6.45, 7) is -0.0242. The summed E-state index contributed by atoms with van der Waals surface area (Å²) in [5.41, 5.74) is 2.25. The van der Waals surface area contributed by atoms with E-state index in [0.717, 1.165) is 22.6 Å². The van der Waals surface area contributed by atoms with Crippen LogP contribution in [0.1, 0.15) is 17.2 Å². The van der Waals surface area contributed by atoms with E-state index in [1.807, 2.05) is 54.6 Å². The van der Waals surface area contributed by atoms with Crippen LogP contribution in [0, 0.1) is 0 Å². The fourth-order valence-electron chi connectivity index (χ4n) is 3.58. The lowest BCUT2D eigenvalue weighted by molar-refractivity contribution is -0.122. The maximum absolute atomic E-state index is 13.0. The number of methoxy groups -OCH3 is 2. The second-order valence-corrected chi connectivity index (χ2v) is 7.23. The molecule has 3 aromatic carbocycles. The minimum Gasteiger partial charge on any atom is -0.497 e. The van der Waals surface area contributed by atoms with Crippen LogP contribution in [0.5, 0.6) is 11.5 Å². The van der Waals surface area contributed by atoms with Crippen molar-refractivity contribution in [3.63, 3.8) is 0 Å².